The average Bonchev–Trinajstić information content (AvgIpc) is 2.41. The second-order valence-electron chi connectivity index (χ2n) is 7.88. The van der Waals surface area contributed by atoms with E-state index < -0.39 is 5.97 Å². The van der Waals surface area contributed by atoms with Crippen LogP contribution in [-0.2, 0) is 14.3 Å². The Morgan fingerprint density at radius 1 is 1.04 bits per heavy atom. The van der Waals surface area contributed by atoms with Gasteiger partial charge in [0, 0.05) is 5.54 Å². The normalized spacial score (nSPS) is 11.8. The summed E-state index contributed by atoms with van der Waals surface area (Å²) >= 11 is 0. The molecule has 0 heterocycles. The fourth-order valence-electron chi connectivity index (χ4n) is 2.83. The average molecular weight is 335 g/mol. The molecule has 5 nitrogen and oxygen atoms in total. The van der Waals surface area contributed by atoms with Crippen LogP contribution in [-0.4, -0.2) is 30.6 Å². The van der Waals surface area contributed by atoms with Crippen LogP contribution >= 0.6 is 0 Å². The standard InChI is InChI=1S/C19H29NO4/c1-14-9-7-8-10-15(14)23-12-17(22)24-11-16(21)20-19(5,6)13-18(2,3)4/h7-10H,11-13H2,1-6H3,(H,20,21). The van der Waals surface area contributed by atoms with E-state index in [2.05, 4.69) is 26.1 Å². The molecule has 0 radical (unpaired) electrons. The lowest BCUT2D eigenvalue weighted by Gasteiger charge is -2.33. The molecule has 0 bridgehead atoms. The molecule has 134 valence electrons. The SMILES string of the molecule is Cc1ccccc1OCC(=O)OCC(=O)NC(C)(C)CC(C)(C)C. The van der Waals surface area contributed by atoms with E-state index in [1.54, 1.807) is 6.07 Å². The topological polar surface area (TPSA) is 64.6 Å². The van der Waals surface area contributed by atoms with E-state index in [0.717, 1.165) is 12.0 Å². The number of benzene rings is 1. The van der Waals surface area contributed by atoms with Gasteiger partial charge in [0.05, 0.1) is 0 Å². The number of esters is 1. The number of nitrogens with one attached hydrogen (secondary N) is 1. The summed E-state index contributed by atoms with van der Waals surface area (Å²) in [4.78, 5) is 23.6. The molecule has 0 fully saturated rings. The number of carbonyl (C=O) groups is 2. The zero-order valence-corrected chi connectivity index (χ0v) is 15.6. The summed E-state index contributed by atoms with van der Waals surface area (Å²) in [5.74, 6) is -0.249. The first kappa shape index (κ1) is 20.0. The summed E-state index contributed by atoms with van der Waals surface area (Å²) in [5.41, 5.74) is 0.667. The lowest BCUT2D eigenvalue weighted by Crippen LogP contribution is -2.47. The van der Waals surface area contributed by atoms with Crippen LogP contribution in [0.3, 0.4) is 0 Å². The van der Waals surface area contributed by atoms with Gasteiger partial charge in [0.1, 0.15) is 5.75 Å². The predicted molar refractivity (Wildman–Crippen MR) is 93.9 cm³/mol. The van der Waals surface area contributed by atoms with Crippen molar-refractivity contribution in [2.45, 2.75) is 53.5 Å². The minimum Gasteiger partial charge on any atom is -0.482 e. The van der Waals surface area contributed by atoms with Gasteiger partial charge in [-0.15, -0.1) is 0 Å². The highest BCUT2D eigenvalue weighted by Crippen LogP contribution is 2.26. The molecule has 0 saturated heterocycles. The lowest BCUT2D eigenvalue weighted by molar-refractivity contribution is -0.151. The summed E-state index contributed by atoms with van der Waals surface area (Å²) in [7, 11) is 0. The van der Waals surface area contributed by atoms with Gasteiger partial charge >= 0.3 is 5.97 Å². The second-order valence-corrected chi connectivity index (χ2v) is 7.88. The molecule has 0 aliphatic heterocycles. The quantitative estimate of drug-likeness (QED) is 0.777. The number of rotatable bonds is 7. The highest BCUT2D eigenvalue weighted by molar-refractivity contribution is 5.81. The zero-order chi connectivity index (χ0) is 18.4. The van der Waals surface area contributed by atoms with Crippen LogP contribution < -0.4 is 10.1 Å². The number of hydrogen-bond donors (Lipinski definition) is 1. The lowest BCUT2D eigenvalue weighted by atomic mass is 9.82. The first-order chi connectivity index (χ1) is 11.0. The first-order valence-electron chi connectivity index (χ1n) is 8.14. The van der Waals surface area contributed by atoms with Crippen LogP contribution in [0.2, 0.25) is 0 Å². The Morgan fingerprint density at radius 3 is 2.25 bits per heavy atom. The van der Waals surface area contributed by atoms with Crippen molar-refractivity contribution < 1.29 is 19.1 Å². The maximum Gasteiger partial charge on any atom is 0.344 e. The maximum absolute atomic E-state index is 11.9. The Morgan fingerprint density at radius 2 is 1.67 bits per heavy atom. The Balaban J connectivity index is 2.36. The maximum atomic E-state index is 11.9. The number of carbonyl (C=O) groups excluding carboxylic acids is 2. The van der Waals surface area contributed by atoms with Gasteiger partial charge in [-0.3, -0.25) is 4.79 Å². The van der Waals surface area contributed by atoms with Crippen molar-refractivity contribution in [2.75, 3.05) is 13.2 Å². The summed E-state index contributed by atoms with van der Waals surface area (Å²) < 4.78 is 10.4. The highest BCUT2D eigenvalue weighted by Gasteiger charge is 2.27. The van der Waals surface area contributed by atoms with Gasteiger partial charge in [0.15, 0.2) is 13.2 Å². The van der Waals surface area contributed by atoms with Crippen molar-refractivity contribution in [3.8, 4) is 5.75 Å². The molecule has 0 aliphatic rings. The minimum absolute atomic E-state index is 0.0921. The van der Waals surface area contributed by atoms with Crippen LogP contribution in [0.4, 0.5) is 0 Å². The summed E-state index contributed by atoms with van der Waals surface area (Å²) in [6.45, 7) is 11.6. The van der Waals surface area contributed by atoms with Crippen molar-refractivity contribution in [1.29, 1.82) is 0 Å². The molecule has 0 atom stereocenters. The molecule has 1 N–H and O–H groups in total. The van der Waals surface area contributed by atoms with E-state index in [1.807, 2.05) is 39.0 Å². The molecule has 0 aromatic heterocycles. The molecule has 0 unspecified atom stereocenters. The molecule has 1 rings (SSSR count). The Bertz CT molecular complexity index is 573. The number of ether oxygens (including phenoxy) is 2. The minimum atomic E-state index is -0.568. The van der Waals surface area contributed by atoms with Crippen LogP contribution in [0.15, 0.2) is 24.3 Å². The van der Waals surface area contributed by atoms with Crippen molar-refractivity contribution >= 4 is 11.9 Å². The predicted octanol–water partition coefficient (Wildman–Crippen LogP) is 3.25. The molecule has 5 heteroatoms. The van der Waals surface area contributed by atoms with Crippen molar-refractivity contribution in [3.63, 3.8) is 0 Å². The molecule has 0 spiro atoms. The molecule has 1 aromatic rings. The van der Waals surface area contributed by atoms with Gasteiger partial charge < -0.3 is 14.8 Å². The third-order valence-electron chi connectivity index (χ3n) is 3.25. The van der Waals surface area contributed by atoms with Gasteiger partial charge in [-0.05, 0) is 44.2 Å². The van der Waals surface area contributed by atoms with Crippen LogP contribution in [0.5, 0.6) is 5.75 Å². The van der Waals surface area contributed by atoms with Gasteiger partial charge in [0.2, 0.25) is 0 Å². The largest absolute Gasteiger partial charge is 0.482 e. The van der Waals surface area contributed by atoms with Crippen LogP contribution in [0, 0.1) is 12.3 Å². The van der Waals surface area contributed by atoms with E-state index in [4.69, 9.17) is 9.47 Å². The molecule has 24 heavy (non-hydrogen) atoms. The summed E-state index contributed by atoms with van der Waals surface area (Å²) in [6, 6.07) is 7.40. The summed E-state index contributed by atoms with van der Waals surface area (Å²) in [5, 5.41) is 2.89. The Kier molecular flexibility index (Phi) is 6.81. The van der Waals surface area contributed by atoms with Crippen molar-refractivity contribution in [2.24, 2.45) is 5.41 Å². The number of aryl methyl sites for hydroxylation is 1. The molecule has 0 aliphatic carbocycles. The van der Waals surface area contributed by atoms with E-state index >= 15 is 0 Å². The number of hydrogen-bond acceptors (Lipinski definition) is 4. The van der Waals surface area contributed by atoms with Gasteiger partial charge in [-0.25, -0.2) is 4.79 Å². The first-order valence-corrected chi connectivity index (χ1v) is 8.14. The van der Waals surface area contributed by atoms with Crippen LogP contribution in [0.25, 0.3) is 0 Å². The monoisotopic (exact) mass is 335 g/mol. The zero-order valence-electron chi connectivity index (χ0n) is 15.6. The van der Waals surface area contributed by atoms with E-state index in [9.17, 15) is 9.59 Å². The van der Waals surface area contributed by atoms with Gasteiger partial charge in [-0.1, -0.05) is 39.0 Å². The van der Waals surface area contributed by atoms with Gasteiger partial charge in [0.25, 0.3) is 5.91 Å². The molecule has 1 amide bonds. The smallest absolute Gasteiger partial charge is 0.344 e. The van der Waals surface area contributed by atoms with Crippen molar-refractivity contribution in [3.05, 3.63) is 29.8 Å². The molecule has 0 saturated carbocycles. The third kappa shape index (κ3) is 7.99. The van der Waals surface area contributed by atoms with E-state index in [-0.39, 0.29) is 30.1 Å². The molecular formula is C19H29NO4. The second kappa shape index (κ2) is 8.18. The van der Waals surface area contributed by atoms with E-state index in [0.29, 0.717) is 5.75 Å². The summed E-state index contributed by atoms with van der Waals surface area (Å²) in [6.07, 6.45) is 0.816. The third-order valence-corrected chi connectivity index (χ3v) is 3.25. The molecule has 1 aromatic carbocycles. The fourth-order valence-corrected chi connectivity index (χ4v) is 2.83. The van der Waals surface area contributed by atoms with E-state index in [1.165, 1.54) is 0 Å². The van der Waals surface area contributed by atoms with Crippen LogP contribution in [0.1, 0.15) is 46.6 Å². The Labute approximate surface area is 144 Å². The number of amides is 1. The van der Waals surface area contributed by atoms with Gasteiger partial charge in [-0.2, -0.15) is 0 Å². The highest BCUT2D eigenvalue weighted by atomic mass is 16.6. The number of para-hydroxylation sites is 1. The molecular weight excluding hydrogens is 306 g/mol. The van der Waals surface area contributed by atoms with Crippen molar-refractivity contribution in [1.82, 2.24) is 5.32 Å². The fraction of sp³-hybridized carbons (Fsp3) is 0.579. The Hall–Kier alpha value is -2.04.